The summed E-state index contributed by atoms with van der Waals surface area (Å²) in [7, 11) is 1.50. The maximum absolute atomic E-state index is 13.8. The molecule has 1 fully saturated rings. The summed E-state index contributed by atoms with van der Waals surface area (Å²) in [4.78, 5) is 14.0. The Bertz CT molecular complexity index is 671. The lowest BCUT2D eigenvalue weighted by Crippen LogP contribution is -2.49. The number of ether oxygens (including phenoxy) is 1. The number of piperidine rings is 1. The van der Waals surface area contributed by atoms with Crippen molar-refractivity contribution in [2.45, 2.75) is 64.0 Å². The Hall–Kier alpha value is -1.70. The smallest absolute Gasteiger partial charge is 0.260 e. The van der Waals surface area contributed by atoms with E-state index in [0.717, 1.165) is 18.5 Å². The monoisotopic (exact) mass is 384 g/mol. The van der Waals surface area contributed by atoms with Crippen molar-refractivity contribution >= 4 is 11.7 Å². The fourth-order valence-electron chi connectivity index (χ4n) is 4.03. The molecule has 0 aliphatic carbocycles. The van der Waals surface area contributed by atoms with E-state index in [-0.39, 0.29) is 29.9 Å². The molecule has 2 aliphatic rings. The van der Waals surface area contributed by atoms with E-state index >= 15 is 0 Å². The first-order valence-electron chi connectivity index (χ1n) is 9.62. The number of aromatic nitrogens is 2. The van der Waals surface area contributed by atoms with Crippen LogP contribution in [0.5, 0.6) is 0 Å². The number of carbonyl (C=O) groups excluding carboxylic acids is 1. The highest BCUT2D eigenvalue weighted by molar-refractivity contribution is 5.77. The second-order valence-corrected chi connectivity index (χ2v) is 8.67. The summed E-state index contributed by atoms with van der Waals surface area (Å²) in [5.74, 6) is 0.757. The molecule has 1 saturated heterocycles. The van der Waals surface area contributed by atoms with Crippen molar-refractivity contribution in [1.29, 1.82) is 0 Å². The molecule has 0 aromatic carbocycles. The van der Waals surface area contributed by atoms with Crippen LogP contribution in [0.2, 0.25) is 0 Å². The fourth-order valence-corrected chi connectivity index (χ4v) is 4.03. The molecule has 0 unspecified atom stereocenters. The molecule has 2 aliphatic heterocycles. The molecule has 1 amide bonds. The number of fused-ring (bicyclic) bond motifs is 1. The highest BCUT2D eigenvalue weighted by Gasteiger charge is 2.39. The maximum Gasteiger partial charge on any atom is 0.260 e. The molecule has 0 radical (unpaired) electrons. The lowest BCUT2D eigenvalue weighted by Gasteiger charge is -2.41. The lowest BCUT2D eigenvalue weighted by atomic mass is 9.86. The molecular formula is C19H30F2N4O2. The van der Waals surface area contributed by atoms with E-state index in [1.165, 1.54) is 11.8 Å². The van der Waals surface area contributed by atoms with Crippen LogP contribution < -0.4 is 5.32 Å². The minimum absolute atomic E-state index is 0.0384. The molecule has 3 atom stereocenters. The van der Waals surface area contributed by atoms with Crippen LogP contribution in [0.4, 0.5) is 14.6 Å². The number of hydrogen-bond donors (Lipinski definition) is 1. The zero-order valence-corrected chi connectivity index (χ0v) is 16.5. The van der Waals surface area contributed by atoms with Gasteiger partial charge in [0.15, 0.2) is 0 Å². The average molecular weight is 384 g/mol. The number of nitrogens with one attached hydrogen (secondary N) is 1. The topological polar surface area (TPSA) is 59.4 Å². The van der Waals surface area contributed by atoms with Gasteiger partial charge in [-0.2, -0.15) is 5.10 Å². The van der Waals surface area contributed by atoms with Gasteiger partial charge in [0.2, 0.25) is 5.91 Å². The Balaban J connectivity index is 1.80. The Morgan fingerprint density at radius 3 is 2.81 bits per heavy atom. The fraction of sp³-hybridized carbons (Fsp3) is 0.789. The molecule has 1 aromatic heterocycles. The number of hydrogen-bond acceptors (Lipinski definition) is 4. The van der Waals surface area contributed by atoms with Crippen LogP contribution >= 0.6 is 0 Å². The van der Waals surface area contributed by atoms with E-state index in [2.05, 4.69) is 10.4 Å². The molecule has 6 nitrogen and oxygen atoms in total. The molecule has 27 heavy (non-hydrogen) atoms. The molecule has 152 valence electrons. The number of anilines is 1. The van der Waals surface area contributed by atoms with Gasteiger partial charge in [-0.15, -0.1) is 0 Å². The molecular weight excluding hydrogens is 354 g/mol. The Morgan fingerprint density at radius 2 is 2.19 bits per heavy atom. The van der Waals surface area contributed by atoms with Crippen LogP contribution in [0.15, 0.2) is 6.07 Å². The highest BCUT2D eigenvalue weighted by Crippen LogP contribution is 2.38. The Morgan fingerprint density at radius 1 is 1.44 bits per heavy atom. The SMILES string of the molecule is COCC(=O)N1CCC[C@H]([C@@H]2C[C@H](C(F)F)n3nc(C(C)(C)C)cc3N2)C1. The van der Waals surface area contributed by atoms with Gasteiger partial charge in [-0.05, 0) is 25.2 Å². The number of carbonyl (C=O) groups is 1. The van der Waals surface area contributed by atoms with Crippen LogP contribution in [0.3, 0.4) is 0 Å². The summed E-state index contributed by atoms with van der Waals surface area (Å²) in [6, 6.07) is 0.852. The summed E-state index contributed by atoms with van der Waals surface area (Å²) in [6.07, 6.45) is -0.363. The number of nitrogens with zero attached hydrogens (tertiary/aromatic N) is 3. The summed E-state index contributed by atoms with van der Waals surface area (Å²) < 4.78 is 34.0. The first-order chi connectivity index (χ1) is 12.7. The van der Waals surface area contributed by atoms with Gasteiger partial charge >= 0.3 is 0 Å². The first kappa shape index (κ1) is 20.0. The predicted octanol–water partition coefficient (Wildman–Crippen LogP) is 3.06. The van der Waals surface area contributed by atoms with Crippen molar-refractivity contribution in [1.82, 2.24) is 14.7 Å². The van der Waals surface area contributed by atoms with Crippen molar-refractivity contribution in [2.24, 2.45) is 5.92 Å². The Kier molecular flexibility index (Phi) is 5.74. The molecule has 3 heterocycles. The predicted molar refractivity (Wildman–Crippen MR) is 99.2 cm³/mol. The largest absolute Gasteiger partial charge is 0.375 e. The number of methoxy groups -OCH3 is 1. The molecule has 1 aromatic rings. The standard InChI is InChI=1S/C19H30F2N4O2/c1-19(2,3)15-9-16-22-13(8-14(18(20)21)25(16)23-15)12-6-5-7-24(10-12)17(26)11-27-4/h9,12-14,18,22H,5-8,10-11H2,1-4H3/t12-,13-,14+/m0/s1. The van der Waals surface area contributed by atoms with Crippen LogP contribution in [-0.2, 0) is 14.9 Å². The van der Waals surface area contributed by atoms with Gasteiger partial charge < -0.3 is 15.0 Å². The number of likely N-dealkylation sites (tertiary alicyclic amines) is 1. The summed E-state index contributed by atoms with van der Waals surface area (Å²) in [5, 5.41) is 7.90. The van der Waals surface area contributed by atoms with Crippen molar-refractivity contribution in [3.63, 3.8) is 0 Å². The van der Waals surface area contributed by atoms with Crippen molar-refractivity contribution in [3.05, 3.63) is 11.8 Å². The first-order valence-corrected chi connectivity index (χ1v) is 9.62. The van der Waals surface area contributed by atoms with Gasteiger partial charge in [-0.25, -0.2) is 13.5 Å². The van der Waals surface area contributed by atoms with Crippen molar-refractivity contribution in [2.75, 3.05) is 32.1 Å². The van der Waals surface area contributed by atoms with Gasteiger partial charge in [0.25, 0.3) is 6.43 Å². The van der Waals surface area contributed by atoms with E-state index in [0.29, 0.717) is 25.3 Å². The number of halogens is 2. The maximum atomic E-state index is 13.8. The van der Waals surface area contributed by atoms with Crippen LogP contribution in [0.25, 0.3) is 0 Å². The second-order valence-electron chi connectivity index (χ2n) is 8.67. The van der Waals surface area contributed by atoms with E-state index in [1.54, 1.807) is 4.90 Å². The molecule has 0 saturated carbocycles. The van der Waals surface area contributed by atoms with E-state index in [9.17, 15) is 13.6 Å². The third-order valence-corrected chi connectivity index (χ3v) is 5.59. The average Bonchev–Trinajstić information content (AvgIpc) is 3.05. The van der Waals surface area contributed by atoms with Gasteiger partial charge in [0.1, 0.15) is 18.5 Å². The third kappa shape index (κ3) is 4.25. The molecule has 0 bridgehead atoms. The molecule has 1 N–H and O–H groups in total. The number of alkyl halides is 2. The third-order valence-electron chi connectivity index (χ3n) is 5.59. The van der Waals surface area contributed by atoms with E-state index in [4.69, 9.17) is 4.74 Å². The Labute approximate surface area is 159 Å². The summed E-state index contributed by atoms with van der Waals surface area (Å²) >= 11 is 0. The van der Waals surface area contributed by atoms with Gasteiger partial charge in [-0.1, -0.05) is 20.8 Å². The molecule has 8 heteroatoms. The lowest BCUT2D eigenvalue weighted by molar-refractivity contribution is -0.137. The zero-order valence-electron chi connectivity index (χ0n) is 16.5. The number of amides is 1. The minimum atomic E-state index is -2.48. The van der Waals surface area contributed by atoms with Gasteiger partial charge in [0, 0.05) is 37.7 Å². The zero-order chi connectivity index (χ0) is 19.8. The van der Waals surface area contributed by atoms with Crippen LogP contribution in [-0.4, -0.2) is 59.9 Å². The van der Waals surface area contributed by atoms with Crippen molar-refractivity contribution < 1.29 is 18.3 Å². The van der Waals surface area contributed by atoms with Gasteiger partial charge in [-0.3, -0.25) is 4.79 Å². The molecule has 0 spiro atoms. The van der Waals surface area contributed by atoms with Gasteiger partial charge in [0.05, 0.1) is 5.69 Å². The number of rotatable bonds is 4. The van der Waals surface area contributed by atoms with Crippen molar-refractivity contribution in [3.8, 4) is 0 Å². The van der Waals surface area contributed by atoms with Crippen LogP contribution in [0.1, 0.15) is 51.8 Å². The quantitative estimate of drug-likeness (QED) is 0.867. The minimum Gasteiger partial charge on any atom is -0.375 e. The normalized spacial score (nSPS) is 26.0. The molecule has 3 rings (SSSR count). The van der Waals surface area contributed by atoms with Crippen LogP contribution in [0, 0.1) is 5.92 Å². The second kappa shape index (κ2) is 7.73. The summed E-state index contributed by atoms with van der Waals surface area (Å²) in [6.45, 7) is 7.42. The van der Waals surface area contributed by atoms with E-state index in [1.807, 2.05) is 26.8 Å². The highest BCUT2D eigenvalue weighted by atomic mass is 19.3. The summed E-state index contributed by atoms with van der Waals surface area (Å²) in [5.41, 5.74) is 0.597. The van der Waals surface area contributed by atoms with E-state index < -0.39 is 12.5 Å².